The van der Waals surface area contributed by atoms with Crippen molar-refractivity contribution in [1.82, 2.24) is 10.6 Å². The second-order valence-electron chi connectivity index (χ2n) is 4.84. The molecule has 2 fully saturated rings. The van der Waals surface area contributed by atoms with Crippen molar-refractivity contribution in [2.24, 2.45) is 11.8 Å². The molecule has 1 atom stereocenters. The smallest absolute Gasteiger partial charge is 0.224 e. The van der Waals surface area contributed by atoms with Crippen molar-refractivity contribution in [3.05, 3.63) is 0 Å². The van der Waals surface area contributed by atoms with Crippen LogP contribution in [0.3, 0.4) is 0 Å². The van der Waals surface area contributed by atoms with Gasteiger partial charge >= 0.3 is 0 Å². The van der Waals surface area contributed by atoms with Crippen molar-refractivity contribution in [1.29, 1.82) is 0 Å². The van der Waals surface area contributed by atoms with Crippen LogP contribution >= 0.6 is 24.2 Å². The lowest BCUT2D eigenvalue weighted by atomic mass is 9.98. The summed E-state index contributed by atoms with van der Waals surface area (Å²) in [5.74, 6) is 3.75. The van der Waals surface area contributed by atoms with E-state index in [1.165, 1.54) is 24.3 Å². The molecule has 2 N–H and O–H groups in total. The van der Waals surface area contributed by atoms with Crippen molar-refractivity contribution in [3.8, 4) is 0 Å². The Morgan fingerprint density at radius 2 is 2.06 bits per heavy atom. The van der Waals surface area contributed by atoms with Crippen molar-refractivity contribution in [2.75, 3.05) is 31.1 Å². The van der Waals surface area contributed by atoms with Crippen LogP contribution in [-0.2, 0) is 4.79 Å². The van der Waals surface area contributed by atoms with E-state index in [9.17, 15) is 4.79 Å². The fourth-order valence-corrected chi connectivity index (χ4v) is 3.62. The van der Waals surface area contributed by atoms with Gasteiger partial charge in [-0.3, -0.25) is 4.79 Å². The number of nitrogens with one attached hydrogen (secondary N) is 2. The van der Waals surface area contributed by atoms with Gasteiger partial charge in [0.1, 0.15) is 0 Å². The first-order valence-electron chi connectivity index (χ1n) is 6.42. The highest BCUT2D eigenvalue weighted by Crippen LogP contribution is 2.22. The maximum atomic E-state index is 11.9. The molecule has 2 aliphatic rings. The third kappa shape index (κ3) is 5.06. The molecule has 0 bridgehead atoms. The summed E-state index contributed by atoms with van der Waals surface area (Å²) < 4.78 is 0. The Labute approximate surface area is 114 Å². The fourth-order valence-electron chi connectivity index (χ4n) is 2.42. The van der Waals surface area contributed by atoms with Crippen LogP contribution in [0, 0.1) is 11.8 Å². The zero-order valence-corrected chi connectivity index (χ0v) is 11.9. The lowest BCUT2D eigenvalue weighted by molar-refractivity contribution is -0.125. The quantitative estimate of drug-likeness (QED) is 0.825. The van der Waals surface area contributed by atoms with Crippen LogP contribution in [0.1, 0.15) is 25.7 Å². The number of hydrogen-bond donors (Lipinski definition) is 2. The van der Waals surface area contributed by atoms with Gasteiger partial charge in [0.25, 0.3) is 0 Å². The van der Waals surface area contributed by atoms with Crippen LogP contribution in [0.25, 0.3) is 0 Å². The van der Waals surface area contributed by atoms with E-state index in [1.54, 1.807) is 0 Å². The van der Waals surface area contributed by atoms with E-state index >= 15 is 0 Å². The summed E-state index contributed by atoms with van der Waals surface area (Å²) in [5.41, 5.74) is 0. The van der Waals surface area contributed by atoms with Crippen LogP contribution in [0.15, 0.2) is 0 Å². The second kappa shape index (κ2) is 8.22. The maximum Gasteiger partial charge on any atom is 0.224 e. The standard InChI is InChI=1S/C12H22N2OS.ClH/c15-12(11-2-1-5-13-9-11)14-8-10-3-6-16-7-4-10;/h10-11,13H,1-9H2,(H,14,15);1H/t11-;/m1./s1. The molecule has 1 amide bonds. The highest BCUT2D eigenvalue weighted by atomic mass is 35.5. The van der Waals surface area contributed by atoms with Gasteiger partial charge < -0.3 is 10.6 Å². The van der Waals surface area contributed by atoms with Crippen LogP contribution < -0.4 is 10.6 Å². The Kier molecular flexibility index (Phi) is 7.32. The zero-order valence-electron chi connectivity index (χ0n) is 10.2. The van der Waals surface area contributed by atoms with Gasteiger partial charge in [0.2, 0.25) is 5.91 Å². The Bertz CT molecular complexity index is 229. The van der Waals surface area contributed by atoms with E-state index in [2.05, 4.69) is 10.6 Å². The molecule has 2 heterocycles. The molecule has 0 aromatic rings. The normalized spacial score (nSPS) is 26.0. The van der Waals surface area contributed by atoms with Crippen LogP contribution in [0.5, 0.6) is 0 Å². The molecular formula is C12H23ClN2OS. The van der Waals surface area contributed by atoms with Gasteiger partial charge in [-0.05, 0) is 49.7 Å². The number of rotatable bonds is 3. The van der Waals surface area contributed by atoms with Crippen molar-refractivity contribution >= 4 is 30.1 Å². The maximum absolute atomic E-state index is 11.9. The Hall–Kier alpha value is 0.0700. The molecular weight excluding hydrogens is 256 g/mol. The molecule has 2 saturated heterocycles. The molecule has 100 valence electrons. The Balaban J connectivity index is 0.00000144. The molecule has 17 heavy (non-hydrogen) atoms. The topological polar surface area (TPSA) is 41.1 Å². The van der Waals surface area contributed by atoms with E-state index in [0.717, 1.165) is 38.4 Å². The van der Waals surface area contributed by atoms with Gasteiger partial charge in [-0.1, -0.05) is 0 Å². The van der Waals surface area contributed by atoms with E-state index in [4.69, 9.17) is 0 Å². The van der Waals surface area contributed by atoms with E-state index in [0.29, 0.717) is 0 Å². The molecule has 3 nitrogen and oxygen atoms in total. The van der Waals surface area contributed by atoms with Gasteiger partial charge in [-0.25, -0.2) is 0 Å². The van der Waals surface area contributed by atoms with Crippen molar-refractivity contribution in [2.45, 2.75) is 25.7 Å². The third-order valence-electron chi connectivity index (χ3n) is 3.57. The predicted octanol–water partition coefficient (Wildman–Crippen LogP) is 1.67. The summed E-state index contributed by atoms with van der Waals surface area (Å²) in [6.07, 6.45) is 4.74. The number of hydrogen-bond acceptors (Lipinski definition) is 3. The number of carbonyl (C=O) groups excluding carboxylic acids is 1. The third-order valence-corrected chi connectivity index (χ3v) is 4.62. The first-order chi connectivity index (χ1) is 7.86. The number of amides is 1. The highest BCUT2D eigenvalue weighted by Gasteiger charge is 2.22. The van der Waals surface area contributed by atoms with E-state index in [-0.39, 0.29) is 24.2 Å². The molecule has 0 spiro atoms. The monoisotopic (exact) mass is 278 g/mol. The van der Waals surface area contributed by atoms with E-state index in [1.807, 2.05) is 11.8 Å². The second-order valence-corrected chi connectivity index (χ2v) is 6.07. The lowest BCUT2D eigenvalue weighted by Gasteiger charge is -2.25. The van der Waals surface area contributed by atoms with Gasteiger partial charge in [0, 0.05) is 13.1 Å². The molecule has 0 saturated carbocycles. The first kappa shape index (κ1) is 15.1. The molecule has 0 aromatic heterocycles. The average molecular weight is 279 g/mol. The van der Waals surface area contributed by atoms with Gasteiger partial charge in [0.05, 0.1) is 5.92 Å². The number of thioether (sulfide) groups is 1. The zero-order chi connectivity index (χ0) is 11.2. The van der Waals surface area contributed by atoms with Gasteiger partial charge in [-0.15, -0.1) is 12.4 Å². The lowest BCUT2D eigenvalue weighted by Crippen LogP contribution is -2.42. The fraction of sp³-hybridized carbons (Fsp3) is 0.917. The molecule has 0 radical (unpaired) electrons. The summed E-state index contributed by atoms with van der Waals surface area (Å²) in [6.45, 7) is 2.84. The van der Waals surface area contributed by atoms with Crippen molar-refractivity contribution in [3.63, 3.8) is 0 Å². The first-order valence-corrected chi connectivity index (χ1v) is 7.58. The molecule has 2 aliphatic heterocycles. The summed E-state index contributed by atoms with van der Waals surface area (Å²) in [7, 11) is 0. The molecule has 0 aromatic carbocycles. The summed E-state index contributed by atoms with van der Waals surface area (Å²) in [5, 5.41) is 6.42. The van der Waals surface area contributed by atoms with Crippen LogP contribution in [-0.4, -0.2) is 37.0 Å². The van der Waals surface area contributed by atoms with Crippen LogP contribution in [0.4, 0.5) is 0 Å². The minimum absolute atomic E-state index is 0. The SMILES string of the molecule is Cl.O=C(NCC1CCSCC1)[C@@H]1CCCNC1. The van der Waals surface area contributed by atoms with Gasteiger partial charge in [-0.2, -0.15) is 11.8 Å². The number of halogens is 1. The molecule has 0 unspecified atom stereocenters. The molecule has 2 rings (SSSR count). The highest BCUT2D eigenvalue weighted by molar-refractivity contribution is 7.99. The minimum Gasteiger partial charge on any atom is -0.356 e. The van der Waals surface area contributed by atoms with Gasteiger partial charge in [0.15, 0.2) is 0 Å². The largest absolute Gasteiger partial charge is 0.356 e. The van der Waals surface area contributed by atoms with E-state index < -0.39 is 0 Å². The summed E-state index contributed by atoms with van der Waals surface area (Å²) in [4.78, 5) is 11.9. The Morgan fingerprint density at radius 3 is 2.71 bits per heavy atom. The van der Waals surface area contributed by atoms with Crippen LogP contribution in [0.2, 0.25) is 0 Å². The predicted molar refractivity (Wildman–Crippen MR) is 75.9 cm³/mol. The summed E-state index contributed by atoms with van der Waals surface area (Å²) in [6, 6.07) is 0. The number of carbonyl (C=O) groups is 1. The van der Waals surface area contributed by atoms with Crippen molar-refractivity contribution < 1.29 is 4.79 Å². The molecule has 5 heteroatoms. The average Bonchev–Trinajstić information content (AvgIpc) is 2.38. The summed E-state index contributed by atoms with van der Waals surface area (Å²) >= 11 is 2.04. The number of piperidine rings is 1. The minimum atomic E-state index is 0. The Morgan fingerprint density at radius 1 is 1.29 bits per heavy atom. The molecule has 0 aliphatic carbocycles.